The van der Waals surface area contributed by atoms with E-state index in [0.29, 0.717) is 0 Å². The number of hydrogen-bond donors (Lipinski definition) is 0. The first-order chi connectivity index (χ1) is 5.22. The van der Waals surface area contributed by atoms with Crippen LogP contribution in [-0.4, -0.2) is 0 Å². The van der Waals surface area contributed by atoms with E-state index in [4.69, 9.17) is 0 Å². The van der Waals surface area contributed by atoms with Crippen LogP contribution in [0.25, 0.3) is 5.57 Å². The Labute approximate surface area is 100.0 Å². The summed E-state index contributed by atoms with van der Waals surface area (Å²) in [5, 5.41) is 0. The van der Waals surface area contributed by atoms with Crippen LogP contribution in [-0.2, 0) is 32.7 Å². The molecule has 0 aliphatic heterocycles. The molecule has 0 saturated heterocycles. The molecular formula is C11H13Y-. The molecule has 0 heterocycles. The van der Waals surface area contributed by atoms with Gasteiger partial charge in [-0.1, -0.05) is 32.0 Å². The van der Waals surface area contributed by atoms with E-state index >= 15 is 0 Å². The zero-order valence-corrected chi connectivity index (χ0v) is 10.5. The van der Waals surface area contributed by atoms with Gasteiger partial charge >= 0.3 is 0 Å². The van der Waals surface area contributed by atoms with Gasteiger partial charge in [-0.25, -0.2) is 0 Å². The number of allylic oxidation sites excluding steroid dienone is 1. The molecule has 0 aliphatic carbocycles. The maximum Gasteiger partial charge on any atom is 0 e. The predicted octanol–water partition coefficient (Wildman–Crippen LogP) is 3.31. The first kappa shape index (κ1) is 11.9. The topological polar surface area (TPSA) is 0 Å². The summed E-state index contributed by atoms with van der Waals surface area (Å²) in [5.74, 6) is 1.27. The van der Waals surface area contributed by atoms with Gasteiger partial charge in [-0.2, -0.15) is 18.1 Å². The van der Waals surface area contributed by atoms with Crippen LogP contribution in [0.1, 0.15) is 19.4 Å². The van der Waals surface area contributed by atoms with Gasteiger partial charge in [0.25, 0.3) is 0 Å². The molecule has 1 radical (unpaired) electrons. The van der Waals surface area contributed by atoms with Crippen LogP contribution in [0.5, 0.6) is 0 Å². The van der Waals surface area contributed by atoms with Crippen molar-refractivity contribution in [2.45, 2.75) is 13.8 Å². The molecule has 0 amide bonds. The van der Waals surface area contributed by atoms with Crippen LogP contribution < -0.4 is 0 Å². The average Bonchev–Trinajstić information content (AvgIpc) is 2.05. The zero-order valence-electron chi connectivity index (χ0n) is 7.67. The van der Waals surface area contributed by atoms with E-state index in [2.05, 4.69) is 32.6 Å². The van der Waals surface area contributed by atoms with Crippen molar-refractivity contribution in [3.63, 3.8) is 0 Å². The van der Waals surface area contributed by atoms with Gasteiger partial charge in [0.2, 0.25) is 0 Å². The van der Waals surface area contributed by atoms with E-state index in [9.17, 15) is 0 Å². The molecule has 0 atom stereocenters. The predicted molar refractivity (Wildman–Crippen MR) is 50.1 cm³/mol. The van der Waals surface area contributed by atoms with Crippen LogP contribution in [0.3, 0.4) is 0 Å². The van der Waals surface area contributed by atoms with Crippen LogP contribution in [0.2, 0.25) is 0 Å². The summed E-state index contributed by atoms with van der Waals surface area (Å²) in [6.07, 6.45) is 0. The molecule has 12 heavy (non-hydrogen) atoms. The van der Waals surface area contributed by atoms with Gasteiger partial charge in [0.1, 0.15) is 0 Å². The normalized spacial score (nSPS) is 8.50. The van der Waals surface area contributed by atoms with Crippen LogP contribution in [0.4, 0.5) is 0 Å². The maximum absolute atomic E-state index is 3.99. The molecule has 0 bridgehead atoms. The number of rotatable bonds is 2. The standard InChI is InChI=1S/C11H13.Y/c1-9(2)10(3)11-7-5-4-6-8-11;/h4-8H,3H2,1-2H3;/q-1;. The van der Waals surface area contributed by atoms with Crippen molar-refractivity contribution in [2.75, 3.05) is 0 Å². The Morgan fingerprint density at radius 1 is 1.17 bits per heavy atom. The molecule has 1 heteroatoms. The first-order valence-corrected chi connectivity index (χ1v) is 3.76. The molecule has 0 unspecified atom stereocenters. The Bertz CT molecular complexity index is 236. The molecule has 61 valence electrons. The fourth-order valence-electron chi connectivity index (χ4n) is 0.928. The van der Waals surface area contributed by atoms with Crippen LogP contribution >= 0.6 is 0 Å². The largest absolute Gasteiger partial charge is 0.198 e. The van der Waals surface area contributed by atoms with Crippen molar-refractivity contribution in [3.8, 4) is 0 Å². The summed E-state index contributed by atoms with van der Waals surface area (Å²) in [7, 11) is 0. The molecule has 0 spiro atoms. The molecule has 0 aliphatic rings. The van der Waals surface area contributed by atoms with Crippen molar-refractivity contribution < 1.29 is 32.7 Å². The fraction of sp³-hybridized carbons (Fsp3) is 0.182. The van der Waals surface area contributed by atoms with Gasteiger partial charge in [0.15, 0.2) is 0 Å². The molecule has 0 aromatic heterocycles. The van der Waals surface area contributed by atoms with Gasteiger partial charge in [0.05, 0.1) is 0 Å². The second-order valence-electron chi connectivity index (χ2n) is 2.84. The Hall–Kier alpha value is -0.0661. The van der Waals surface area contributed by atoms with Crippen molar-refractivity contribution in [2.24, 2.45) is 0 Å². The SMILES string of the molecule is C=C(c1ccccc1)[C-](C)C.[Y]. The molecule has 0 saturated carbocycles. The summed E-state index contributed by atoms with van der Waals surface area (Å²) in [5.41, 5.74) is 2.35. The van der Waals surface area contributed by atoms with Gasteiger partial charge in [-0.05, 0) is 0 Å². The maximum atomic E-state index is 3.99. The van der Waals surface area contributed by atoms with E-state index in [1.54, 1.807) is 0 Å². The fourth-order valence-corrected chi connectivity index (χ4v) is 0.928. The molecule has 1 aromatic rings. The van der Waals surface area contributed by atoms with Gasteiger partial charge < -0.3 is 0 Å². The summed E-state index contributed by atoms with van der Waals surface area (Å²) in [6.45, 7) is 8.14. The second-order valence-corrected chi connectivity index (χ2v) is 2.84. The molecule has 0 N–H and O–H groups in total. The molecule has 0 fully saturated rings. The van der Waals surface area contributed by atoms with E-state index in [0.717, 1.165) is 5.57 Å². The molecule has 1 aromatic carbocycles. The van der Waals surface area contributed by atoms with Gasteiger partial charge in [0, 0.05) is 32.7 Å². The second kappa shape index (κ2) is 5.56. The van der Waals surface area contributed by atoms with Crippen LogP contribution in [0.15, 0.2) is 36.9 Å². The summed E-state index contributed by atoms with van der Waals surface area (Å²) >= 11 is 0. The summed E-state index contributed by atoms with van der Waals surface area (Å²) in [4.78, 5) is 0. The summed E-state index contributed by atoms with van der Waals surface area (Å²) in [6, 6.07) is 10.2. The molecule has 0 nitrogen and oxygen atoms in total. The number of hydrogen-bond acceptors (Lipinski definition) is 0. The van der Waals surface area contributed by atoms with E-state index < -0.39 is 0 Å². The van der Waals surface area contributed by atoms with Crippen molar-refractivity contribution >= 4 is 5.57 Å². The van der Waals surface area contributed by atoms with E-state index in [1.807, 2.05) is 18.2 Å². The third kappa shape index (κ3) is 3.12. The molecular weight excluding hydrogens is 221 g/mol. The van der Waals surface area contributed by atoms with Crippen molar-refractivity contribution in [3.05, 3.63) is 48.4 Å². The Morgan fingerprint density at radius 3 is 2.08 bits per heavy atom. The quantitative estimate of drug-likeness (QED) is 0.688. The Morgan fingerprint density at radius 2 is 1.67 bits per heavy atom. The Balaban J connectivity index is 0.00000121. The van der Waals surface area contributed by atoms with Gasteiger partial charge in [-0.15, -0.1) is 17.7 Å². The monoisotopic (exact) mass is 234 g/mol. The van der Waals surface area contributed by atoms with E-state index in [-0.39, 0.29) is 32.7 Å². The first-order valence-electron chi connectivity index (χ1n) is 3.76. The summed E-state index contributed by atoms with van der Waals surface area (Å²) < 4.78 is 0. The smallest absolute Gasteiger partial charge is 0 e. The molecule has 1 rings (SSSR count). The minimum absolute atomic E-state index is 0. The third-order valence-electron chi connectivity index (χ3n) is 1.73. The minimum Gasteiger partial charge on any atom is -0.198 e. The van der Waals surface area contributed by atoms with Gasteiger partial charge in [-0.3, -0.25) is 0 Å². The number of benzene rings is 1. The van der Waals surface area contributed by atoms with Crippen LogP contribution in [0, 0.1) is 5.92 Å². The zero-order chi connectivity index (χ0) is 8.27. The Kier molecular flexibility index (Phi) is 5.53. The third-order valence-corrected chi connectivity index (χ3v) is 1.73. The minimum atomic E-state index is 0. The average molecular weight is 234 g/mol. The van der Waals surface area contributed by atoms with Crippen molar-refractivity contribution in [1.29, 1.82) is 0 Å². The van der Waals surface area contributed by atoms with Crippen molar-refractivity contribution in [1.82, 2.24) is 0 Å². The van der Waals surface area contributed by atoms with E-state index in [1.165, 1.54) is 11.5 Å².